The zero-order chi connectivity index (χ0) is 18.4. The number of hydrogen-bond acceptors (Lipinski definition) is 3. The third-order valence-corrected chi connectivity index (χ3v) is 5.02. The van der Waals surface area contributed by atoms with Crippen LogP contribution in [0.15, 0.2) is 94.8 Å². The van der Waals surface area contributed by atoms with Crippen molar-refractivity contribution in [1.82, 2.24) is 4.72 Å². The summed E-state index contributed by atoms with van der Waals surface area (Å²) in [6.45, 7) is 0.296. The van der Waals surface area contributed by atoms with Crippen molar-refractivity contribution in [3.05, 3.63) is 102 Å². The molecule has 3 aromatic rings. The summed E-state index contributed by atoms with van der Waals surface area (Å²) in [4.78, 5) is 4.54. The predicted octanol–water partition coefficient (Wildman–Crippen LogP) is 3.75. The first-order chi connectivity index (χ1) is 12.5. The van der Waals surface area contributed by atoms with Crippen molar-refractivity contribution >= 4 is 15.9 Å². The first-order valence-electron chi connectivity index (χ1n) is 7.97. The second-order valence-electron chi connectivity index (χ2n) is 5.58. The number of sulfonamides is 1. The maximum absolute atomic E-state index is 13.2. The molecular weight excluding hydrogens is 351 g/mol. The van der Waals surface area contributed by atoms with Gasteiger partial charge in [-0.05, 0) is 42.0 Å². The normalized spacial score (nSPS) is 12.0. The molecule has 0 aromatic heterocycles. The topological polar surface area (TPSA) is 58.5 Å². The molecule has 0 amide bonds. The summed E-state index contributed by atoms with van der Waals surface area (Å²) < 4.78 is 41.0. The molecule has 0 aliphatic carbocycles. The quantitative estimate of drug-likeness (QED) is 0.551. The van der Waals surface area contributed by atoms with E-state index >= 15 is 0 Å². The van der Waals surface area contributed by atoms with Crippen LogP contribution in [0.4, 0.5) is 4.39 Å². The molecule has 0 fully saturated rings. The van der Waals surface area contributed by atoms with Gasteiger partial charge in [0.25, 0.3) is 10.0 Å². The summed E-state index contributed by atoms with van der Waals surface area (Å²) in [5, 5.41) is 0. The Balaban J connectivity index is 1.94. The van der Waals surface area contributed by atoms with Crippen LogP contribution in [0.1, 0.15) is 11.1 Å². The van der Waals surface area contributed by atoms with Crippen LogP contribution < -0.4 is 4.72 Å². The maximum atomic E-state index is 13.2. The summed E-state index contributed by atoms with van der Waals surface area (Å²) in [5.41, 5.74) is 1.42. The second-order valence-corrected chi connectivity index (χ2v) is 7.26. The van der Waals surface area contributed by atoms with Gasteiger partial charge in [0, 0.05) is 5.56 Å². The van der Waals surface area contributed by atoms with Crippen molar-refractivity contribution in [3.8, 4) is 0 Å². The molecule has 0 bridgehead atoms. The molecule has 132 valence electrons. The zero-order valence-electron chi connectivity index (χ0n) is 13.8. The van der Waals surface area contributed by atoms with Crippen molar-refractivity contribution in [2.45, 2.75) is 11.4 Å². The van der Waals surface area contributed by atoms with Crippen molar-refractivity contribution in [3.63, 3.8) is 0 Å². The summed E-state index contributed by atoms with van der Waals surface area (Å²) in [5.74, 6) is -0.236. The minimum Gasteiger partial charge on any atom is -0.263 e. The fourth-order valence-corrected chi connectivity index (χ4v) is 3.40. The molecule has 26 heavy (non-hydrogen) atoms. The van der Waals surface area contributed by atoms with E-state index in [1.165, 1.54) is 36.4 Å². The zero-order valence-corrected chi connectivity index (χ0v) is 14.7. The summed E-state index contributed by atoms with van der Waals surface area (Å²) >= 11 is 0. The van der Waals surface area contributed by atoms with Gasteiger partial charge in [0.05, 0.1) is 11.4 Å². The first-order valence-corrected chi connectivity index (χ1v) is 9.45. The number of aliphatic imine (C=N–C) groups is 1. The number of halogens is 1. The number of amidine groups is 1. The van der Waals surface area contributed by atoms with Gasteiger partial charge in [-0.2, -0.15) is 0 Å². The lowest BCUT2D eigenvalue weighted by molar-refractivity contribution is 0.592. The summed E-state index contributed by atoms with van der Waals surface area (Å²) in [6.07, 6.45) is 0. The van der Waals surface area contributed by atoms with Crippen molar-refractivity contribution < 1.29 is 12.8 Å². The van der Waals surface area contributed by atoms with Crippen LogP contribution in [0.2, 0.25) is 0 Å². The molecule has 4 nitrogen and oxygen atoms in total. The monoisotopic (exact) mass is 368 g/mol. The number of hydrogen-bond donors (Lipinski definition) is 1. The molecule has 0 saturated carbocycles. The minimum absolute atomic E-state index is 0.134. The molecule has 3 aromatic carbocycles. The number of rotatable bonds is 5. The molecule has 0 heterocycles. The Hall–Kier alpha value is -2.99. The highest BCUT2D eigenvalue weighted by atomic mass is 32.2. The molecule has 6 heteroatoms. The SMILES string of the molecule is O=S(=O)(NC(=NCc1ccccc1)c1ccc(F)cc1)c1ccccc1. The third kappa shape index (κ3) is 4.55. The Morgan fingerprint density at radius 1 is 0.846 bits per heavy atom. The fraction of sp³-hybridized carbons (Fsp3) is 0.0500. The smallest absolute Gasteiger partial charge is 0.263 e. The molecule has 0 atom stereocenters. The van der Waals surface area contributed by atoms with E-state index in [0.29, 0.717) is 12.1 Å². The number of benzene rings is 3. The Morgan fingerprint density at radius 3 is 2.04 bits per heavy atom. The van der Waals surface area contributed by atoms with Crippen LogP contribution in [0.3, 0.4) is 0 Å². The van der Waals surface area contributed by atoms with E-state index < -0.39 is 15.8 Å². The van der Waals surface area contributed by atoms with Crippen LogP contribution in [0.25, 0.3) is 0 Å². The molecule has 1 N–H and O–H groups in total. The van der Waals surface area contributed by atoms with Gasteiger partial charge in [0.2, 0.25) is 0 Å². The van der Waals surface area contributed by atoms with E-state index in [9.17, 15) is 12.8 Å². The molecule has 0 aliphatic heterocycles. The highest BCUT2D eigenvalue weighted by molar-refractivity contribution is 7.90. The van der Waals surface area contributed by atoms with Gasteiger partial charge in [-0.1, -0.05) is 48.5 Å². The van der Waals surface area contributed by atoms with Crippen molar-refractivity contribution in [2.24, 2.45) is 4.99 Å². The Morgan fingerprint density at radius 2 is 1.42 bits per heavy atom. The molecular formula is C20H17FN2O2S. The molecule has 0 spiro atoms. The van der Waals surface area contributed by atoms with E-state index in [-0.39, 0.29) is 10.7 Å². The van der Waals surface area contributed by atoms with Crippen LogP contribution >= 0.6 is 0 Å². The molecule has 0 radical (unpaired) electrons. The fourth-order valence-electron chi connectivity index (χ4n) is 2.33. The molecule has 3 rings (SSSR count). The average Bonchev–Trinajstić information content (AvgIpc) is 2.67. The van der Waals surface area contributed by atoms with Crippen LogP contribution in [0, 0.1) is 5.82 Å². The molecule has 0 aliphatic rings. The Labute approximate surface area is 152 Å². The van der Waals surface area contributed by atoms with E-state index in [2.05, 4.69) is 9.71 Å². The second kappa shape index (κ2) is 7.93. The summed E-state index contributed by atoms with van der Waals surface area (Å²) in [7, 11) is -3.80. The summed E-state index contributed by atoms with van der Waals surface area (Å²) in [6, 6.07) is 23.0. The highest BCUT2D eigenvalue weighted by Crippen LogP contribution is 2.11. The van der Waals surface area contributed by atoms with E-state index in [0.717, 1.165) is 5.56 Å². The largest absolute Gasteiger partial charge is 0.263 e. The maximum Gasteiger partial charge on any atom is 0.263 e. The van der Waals surface area contributed by atoms with Gasteiger partial charge in [-0.15, -0.1) is 0 Å². The third-order valence-electron chi connectivity index (χ3n) is 3.66. The van der Waals surface area contributed by atoms with Crippen LogP contribution in [-0.2, 0) is 16.6 Å². The van der Waals surface area contributed by atoms with Gasteiger partial charge in [0.1, 0.15) is 11.7 Å². The van der Waals surface area contributed by atoms with Gasteiger partial charge in [-0.3, -0.25) is 9.71 Å². The minimum atomic E-state index is -3.80. The van der Waals surface area contributed by atoms with Gasteiger partial charge >= 0.3 is 0 Å². The average molecular weight is 368 g/mol. The van der Waals surface area contributed by atoms with Gasteiger partial charge in [-0.25, -0.2) is 12.8 Å². The highest BCUT2D eigenvalue weighted by Gasteiger charge is 2.17. The van der Waals surface area contributed by atoms with Crippen LogP contribution in [0.5, 0.6) is 0 Å². The van der Waals surface area contributed by atoms with Gasteiger partial charge in [0.15, 0.2) is 0 Å². The van der Waals surface area contributed by atoms with Crippen LogP contribution in [-0.4, -0.2) is 14.3 Å². The lowest BCUT2D eigenvalue weighted by atomic mass is 10.2. The predicted molar refractivity (Wildman–Crippen MR) is 99.8 cm³/mol. The Kier molecular flexibility index (Phi) is 5.43. The molecule has 0 saturated heterocycles. The first kappa shape index (κ1) is 17.8. The number of nitrogens with one attached hydrogen (secondary N) is 1. The molecule has 0 unspecified atom stereocenters. The van der Waals surface area contributed by atoms with Crippen molar-refractivity contribution in [2.75, 3.05) is 0 Å². The lowest BCUT2D eigenvalue weighted by Crippen LogP contribution is -2.31. The standard InChI is InChI=1S/C20H17FN2O2S/c21-18-13-11-17(12-14-18)20(22-15-16-7-3-1-4-8-16)23-26(24,25)19-9-5-2-6-10-19/h1-14H,15H2,(H,22,23). The van der Waals surface area contributed by atoms with E-state index in [1.54, 1.807) is 18.2 Å². The van der Waals surface area contributed by atoms with E-state index in [1.807, 2.05) is 30.3 Å². The number of nitrogens with zero attached hydrogens (tertiary/aromatic N) is 1. The van der Waals surface area contributed by atoms with E-state index in [4.69, 9.17) is 0 Å². The lowest BCUT2D eigenvalue weighted by Gasteiger charge is -2.12. The van der Waals surface area contributed by atoms with Gasteiger partial charge < -0.3 is 0 Å². The Bertz CT molecular complexity index is 987. The van der Waals surface area contributed by atoms with Crippen molar-refractivity contribution in [1.29, 1.82) is 0 Å².